The molecule has 0 radical (unpaired) electrons. The van der Waals surface area contributed by atoms with Gasteiger partial charge in [0.1, 0.15) is 30.0 Å². The Hall–Kier alpha value is -3.45. The van der Waals surface area contributed by atoms with Gasteiger partial charge >= 0.3 is 0 Å². The fourth-order valence-corrected chi connectivity index (χ4v) is 3.73. The molecule has 34 heavy (non-hydrogen) atoms. The number of fused-ring (bicyclic) bond motifs is 1. The first-order valence-electron chi connectivity index (χ1n) is 11.4. The fraction of sp³-hybridized carbons (Fsp3) is 0.250. The quantitative estimate of drug-likeness (QED) is 0.323. The number of benzene rings is 3. The number of aliphatic hydroxyl groups excluding tert-OH is 1. The second-order valence-electron chi connectivity index (χ2n) is 8.11. The van der Waals surface area contributed by atoms with E-state index < -0.39 is 6.10 Å². The zero-order valence-electron chi connectivity index (χ0n) is 19.3. The summed E-state index contributed by atoms with van der Waals surface area (Å²) in [7, 11) is 1.68. The normalized spacial score (nSPS) is 12.9. The van der Waals surface area contributed by atoms with Crippen LogP contribution in [-0.2, 0) is 11.2 Å². The summed E-state index contributed by atoms with van der Waals surface area (Å²) in [6.45, 7) is 1.18. The van der Waals surface area contributed by atoms with Gasteiger partial charge in [0.05, 0.1) is 12.1 Å². The number of para-hydroxylation sites is 2. The molecule has 0 bridgehead atoms. The first-order chi connectivity index (χ1) is 16.7. The van der Waals surface area contributed by atoms with E-state index in [1.807, 2.05) is 72.8 Å². The van der Waals surface area contributed by atoms with Crippen molar-refractivity contribution in [3.63, 3.8) is 0 Å². The van der Waals surface area contributed by atoms with Gasteiger partial charge in [0.25, 0.3) is 0 Å². The van der Waals surface area contributed by atoms with Crippen LogP contribution in [0.25, 0.3) is 10.9 Å². The maximum absolute atomic E-state index is 10.3. The molecule has 0 saturated carbocycles. The zero-order valence-corrected chi connectivity index (χ0v) is 19.3. The molecule has 6 nitrogen and oxygen atoms in total. The van der Waals surface area contributed by atoms with Crippen LogP contribution in [0.15, 0.2) is 91.1 Å². The summed E-state index contributed by atoms with van der Waals surface area (Å²) in [5.74, 6) is 2.30. The van der Waals surface area contributed by atoms with E-state index in [0.717, 1.165) is 40.1 Å². The molecule has 2 N–H and O–H groups in total. The lowest BCUT2D eigenvalue weighted by molar-refractivity contribution is 0.0957. The number of hydrogen-bond donors (Lipinski definition) is 2. The van der Waals surface area contributed by atoms with Gasteiger partial charge in [-0.1, -0.05) is 42.5 Å². The summed E-state index contributed by atoms with van der Waals surface area (Å²) in [5.41, 5.74) is 2.05. The second-order valence-corrected chi connectivity index (χ2v) is 8.11. The fourth-order valence-electron chi connectivity index (χ4n) is 3.73. The highest BCUT2D eigenvalue weighted by Crippen LogP contribution is 2.28. The van der Waals surface area contributed by atoms with Gasteiger partial charge in [-0.15, -0.1) is 0 Å². The highest BCUT2D eigenvalue weighted by molar-refractivity contribution is 5.84. The Balaban J connectivity index is 1.30. The Morgan fingerprint density at radius 3 is 2.41 bits per heavy atom. The van der Waals surface area contributed by atoms with Gasteiger partial charge in [-0.05, 0) is 54.4 Å². The van der Waals surface area contributed by atoms with Gasteiger partial charge in [-0.2, -0.15) is 0 Å². The van der Waals surface area contributed by atoms with Crippen molar-refractivity contribution in [2.45, 2.75) is 18.6 Å². The third-order valence-corrected chi connectivity index (χ3v) is 5.44. The van der Waals surface area contributed by atoms with Gasteiger partial charge in [0, 0.05) is 31.3 Å². The summed E-state index contributed by atoms with van der Waals surface area (Å²) < 4.78 is 17.1. The lowest BCUT2D eigenvalue weighted by atomic mass is 10.1. The smallest absolute Gasteiger partial charge is 0.138 e. The van der Waals surface area contributed by atoms with Crippen molar-refractivity contribution in [2.24, 2.45) is 0 Å². The Labute approximate surface area is 200 Å². The Bertz CT molecular complexity index is 1150. The molecule has 0 amide bonds. The first kappa shape index (κ1) is 23.7. The van der Waals surface area contributed by atoms with Crippen LogP contribution < -0.4 is 14.8 Å². The lowest BCUT2D eigenvalue weighted by Gasteiger charge is -2.21. The molecule has 0 aliphatic carbocycles. The molecule has 0 unspecified atom stereocenters. The SMILES string of the molecule is COC[C@H](Cc1ccc(Oc2ccnc3ccccc23)cc1)NC[C@H](O)COc1ccccc1. The van der Waals surface area contributed by atoms with Gasteiger partial charge < -0.3 is 24.6 Å². The third-order valence-electron chi connectivity index (χ3n) is 5.44. The summed E-state index contributed by atoms with van der Waals surface area (Å²) in [4.78, 5) is 4.38. The van der Waals surface area contributed by atoms with E-state index in [4.69, 9.17) is 14.2 Å². The molecule has 6 heteroatoms. The predicted octanol–water partition coefficient (Wildman–Crippen LogP) is 4.61. The number of nitrogens with one attached hydrogen (secondary N) is 1. The molecule has 1 aromatic heterocycles. The van der Waals surface area contributed by atoms with E-state index in [2.05, 4.69) is 22.4 Å². The van der Waals surface area contributed by atoms with E-state index in [0.29, 0.717) is 13.2 Å². The average molecular weight is 459 g/mol. The summed E-state index contributed by atoms with van der Waals surface area (Å²) in [6.07, 6.45) is 1.90. The summed E-state index contributed by atoms with van der Waals surface area (Å²) in [5, 5.41) is 14.7. The first-order valence-corrected chi connectivity index (χ1v) is 11.4. The number of methoxy groups -OCH3 is 1. The molecule has 1 heterocycles. The Morgan fingerprint density at radius 2 is 1.62 bits per heavy atom. The van der Waals surface area contributed by atoms with Crippen LogP contribution in [0.5, 0.6) is 17.2 Å². The summed E-state index contributed by atoms with van der Waals surface area (Å²) >= 11 is 0. The molecule has 4 rings (SSSR count). The molecule has 3 aromatic carbocycles. The molecule has 0 aliphatic rings. The second kappa shape index (κ2) is 12.1. The minimum absolute atomic E-state index is 0.0623. The molecule has 0 saturated heterocycles. The topological polar surface area (TPSA) is 72.8 Å². The van der Waals surface area contributed by atoms with Crippen LogP contribution in [0.1, 0.15) is 5.56 Å². The monoisotopic (exact) mass is 458 g/mol. The maximum atomic E-state index is 10.3. The van der Waals surface area contributed by atoms with Crippen molar-refractivity contribution in [1.82, 2.24) is 10.3 Å². The third kappa shape index (κ3) is 6.78. The van der Waals surface area contributed by atoms with Crippen LogP contribution in [0.4, 0.5) is 0 Å². The van der Waals surface area contributed by atoms with Crippen molar-refractivity contribution >= 4 is 10.9 Å². The lowest BCUT2D eigenvalue weighted by Crippen LogP contribution is -2.41. The number of rotatable bonds is 12. The van der Waals surface area contributed by atoms with Crippen molar-refractivity contribution in [3.05, 3.63) is 96.7 Å². The molecule has 0 fully saturated rings. The van der Waals surface area contributed by atoms with E-state index in [1.165, 1.54) is 0 Å². The number of pyridine rings is 1. The largest absolute Gasteiger partial charge is 0.491 e. The van der Waals surface area contributed by atoms with Crippen molar-refractivity contribution < 1.29 is 19.3 Å². The Morgan fingerprint density at radius 1 is 0.853 bits per heavy atom. The van der Waals surface area contributed by atoms with Crippen LogP contribution in [0.3, 0.4) is 0 Å². The molecule has 4 aromatic rings. The van der Waals surface area contributed by atoms with Gasteiger partial charge in [0.2, 0.25) is 0 Å². The highest BCUT2D eigenvalue weighted by Gasteiger charge is 2.13. The number of ether oxygens (including phenoxy) is 3. The van der Waals surface area contributed by atoms with Crippen LogP contribution in [0, 0.1) is 0 Å². The van der Waals surface area contributed by atoms with E-state index in [9.17, 15) is 5.11 Å². The van der Waals surface area contributed by atoms with Crippen LogP contribution >= 0.6 is 0 Å². The average Bonchev–Trinajstić information content (AvgIpc) is 2.88. The van der Waals surface area contributed by atoms with Crippen LogP contribution in [-0.4, -0.2) is 49.1 Å². The van der Waals surface area contributed by atoms with E-state index in [1.54, 1.807) is 13.3 Å². The molecule has 176 valence electrons. The van der Waals surface area contributed by atoms with Gasteiger partial charge in [0.15, 0.2) is 0 Å². The zero-order chi connectivity index (χ0) is 23.6. The summed E-state index contributed by atoms with van der Waals surface area (Å²) in [6, 6.07) is 27.4. The highest BCUT2D eigenvalue weighted by atomic mass is 16.5. The molecule has 2 atom stereocenters. The Kier molecular flexibility index (Phi) is 8.46. The maximum Gasteiger partial charge on any atom is 0.138 e. The minimum atomic E-state index is -0.620. The molecule has 0 aliphatic heterocycles. The van der Waals surface area contributed by atoms with E-state index in [-0.39, 0.29) is 12.6 Å². The number of aliphatic hydroxyl groups is 1. The van der Waals surface area contributed by atoms with Crippen molar-refractivity contribution in [2.75, 3.05) is 26.9 Å². The standard InChI is InChI=1S/C28H30N2O4/c1-32-19-22(30-18-23(31)20-33-24-7-3-2-4-8-24)17-21-11-13-25(14-12-21)34-28-15-16-29-27-10-6-5-9-26(27)28/h2-16,22-23,30-31H,17-20H2,1H3/t22-,23-/m0/s1. The van der Waals surface area contributed by atoms with Gasteiger partial charge in [-0.25, -0.2) is 0 Å². The van der Waals surface area contributed by atoms with E-state index >= 15 is 0 Å². The number of nitrogens with zero attached hydrogens (tertiary/aromatic N) is 1. The number of aromatic nitrogens is 1. The molecular formula is C28H30N2O4. The van der Waals surface area contributed by atoms with Crippen molar-refractivity contribution in [1.29, 1.82) is 0 Å². The van der Waals surface area contributed by atoms with Crippen molar-refractivity contribution in [3.8, 4) is 17.2 Å². The molecule has 0 spiro atoms. The van der Waals surface area contributed by atoms with Crippen LogP contribution in [0.2, 0.25) is 0 Å². The van der Waals surface area contributed by atoms with Gasteiger partial charge in [-0.3, -0.25) is 4.98 Å². The predicted molar refractivity (Wildman–Crippen MR) is 134 cm³/mol. The number of hydrogen-bond acceptors (Lipinski definition) is 6. The molecular weight excluding hydrogens is 428 g/mol. The minimum Gasteiger partial charge on any atom is -0.491 e.